The fraction of sp³-hybridized carbons (Fsp3) is 0.231. The maximum absolute atomic E-state index is 11.6. The number of carbonyl (C=O) groups is 2. The highest BCUT2D eigenvalue weighted by Crippen LogP contribution is 2.31. The zero-order valence-electron chi connectivity index (χ0n) is 9.60. The third-order valence-corrected chi connectivity index (χ3v) is 2.64. The third-order valence-electron chi connectivity index (χ3n) is 2.64. The molecule has 2 rings (SSSR count). The van der Waals surface area contributed by atoms with Gasteiger partial charge in [-0.05, 0) is 12.5 Å². The van der Waals surface area contributed by atoms with Gasteiger partial charge in [0.1, 0.15) is 6.10 Å². The molecule has 4 nitrogen and oxygen atoms in total. The average Bonchev–Trinajstić information content (AvgIpc) is 2.64. The monoisotopic (exact) mass is 232 g/mol. The minimum Gasteiger partial charge on any atom is -0.465 e. The van der Waals surface area contributed by atoms with Crippen molar-refractivity contribution in [3.63, 3.8) is 0 Å². The fourth-order valence-corrected chi connectivity index (χ4v) is 1.88. The molecule has 88 valence electrons. The van der Waals surface area contributed by atoms with Gasteiger partial charge in [0.15, 0.2) is 5.57 Å². The van der Waals surface area contributed by atoms with Gasteiger partial charge in [0, 0.05) is 5.57 Å². The highest BCUT2D eigenvalue weighted by molar-refractivity contribution is 6.22. The Labute approximate surface area is 98.8 Å². The first-order valence-electron chi connectivity index (χ1n) is 5.24. The quantitative estimate of drug-likeness (QED) is 0.573. The van der Waals surface area contributed by atoms with Crippen LogP contribution in [-0.2, 0) is 19.1 Å². The van der Waals surface area contributed by atoms with Crippen LogP contribution >= 0.6 is 0 Å². The maximum atomic E-state index is 11.6. The van der Waals surface area contributed by atoms with Gasteiger partial charge in [0.05, 0.1) is 7.11 Å². The van der Waals surface area contributed by atoms with Crippen LogP contribution in [0.1, 0.15) is 12.5 Å². The summed E-state index contributed by atoms with van der Waals surface area (Å²) in [5.41, 5.74) is 1.37. The Kier molecular flexibility index (Phi) is 2.95. The molecule has 1 heterocycles. The maximum Gasteiger partial charge on any atom is 0.346 e. The van der Waals surface area contributed by atoms with E-state index in [4.69, 9.17) is 4.74 Å². The smallest absolute Gasteiger partial charge is 0.346 e. The van der Waals surface area contributed by atoms with E-state index in [2.05, 4.69) is 4.74 Å². The van der Waals surface area contributed by atoms with Crippen molar-refractivity contribution in [1.82, 2.24) is 0 Å². The molecule has 17 heavy (non-hydrogen) atoms. The molecule has 1 aliphatic rings. The topological polar surface area (TPSA) is 52.6 Å². The van der Waals surface area contributed by atoms with Gasteiger partial charge >= 0.3 is 11.9 Å². The van der Waals surface area contributed by atoms with Crippen LogP contribution in [0.3, 0.4) is 0 Å². The summed E-state index contributed by atoms with van der Waals surface area (Å²) in [7, 11) is 1.24. The lowest BCUT2D eigenvalue weighted by Gasteiger charge is -2.08. The first kappa shape index (κ1) is 11.4. The molecule has 0 amide bonds. The molecule has 0 fully saturated rings. The molecule has 1 aromatic rings. The summed E-state index contributed by atoms with van der Waals surface area (Å²) in [6, 6.07) is 9.21. The number of methoxy groups -OCH3 is 1. The minimum atomic E-state index is -0.654. The lowest BCUT2D eigenvalue weighted by atomic mass is 9.98. The van der Waals surface area contributed by atoms with Crippen molar-refractivity contribution >= 4 is 17.5 Å². The largest absolute Gasteiger partial charge is 0.465 e. The van der Waals surface area contributed by atoms with Crippen LogP contribution in [0.4, 0.5) is 0 Å². The Balaban J connectivity index is 2.56. The SMILES string of the molecule is COC(=O)C1=C(c2ccccc2)C(C)OC1=O. The molecular formula is C13H12O4. The van der Waals surface area contributed by atoms with Crippen molar-refractivity contribution < 1.29 is 19.1 Å². The van der Waals surface area contributed by atoms with Crippen LogP contribution in [0.5, 0.6) is 0 Å². The third kappa shape index (κ3) is 1.93. The number of esters is 2. The second kappa shape index (κ2) is 4.41. The molecule has 0 spiro atoms. The second-order valence-corrected chi connectivity index (χ2v) is 3.69. The Morgan fingerprint density at radius 3 is 2.53 bits per heavy atom. The van der Waals surface area contributed by atoms with Crippen LogP contribution in [0.2, 0.25) is 0 Å². The van der Waals surface area contributed by atoms with Gasteiger partial charge in [-0.25, -0.2) is 9.59 Å². The molecule has 1 aliphatic heterocycles. The number of benzene rings is 1. The molecule has 0 bridgehead atoms. The first-order chi connectivity index (χ1) is 8.15. The standard InChI is InChI=1S/C13H12O4/c1-8-10(9-6-4-3-5-7-9)11(12(14)16-2)13(15)17-8/h3-8H,1-2H3. The van der Waals surface area contributed by atoms with Crippen LogP contribution in [0.15, 0.2) is 35.9 Å². The molecule has 0 aliphatic carbocycles. The highest BCUT2D eigenvalue weighted by atomic mass is 16.6. The summed E-state index contributed by atoms with van der Waals surface area (Å²) >= 11 is 0. The van der Waals surface area contributed by atoms with E-state index in [1.807, 2.05) is 30.3 Å². The highest BCUT2D eigenvalue weighted by Gasteiger charge is 2.36. The summed E-state index contributed by atoms with van der Waals surface area (Å²) < 4.78 is 9.66. The lowest BCUT2D eigenvalue weighted by molar-refractivity contribution is -0.144. The second-order valence-electron chi connectivity index (χ2n) is 3.69. The summed E-state index contributed by atoms with van der Waals surface area (Å²) in [5, 5.41) is 0. The Morgan fingerprint density at radius 1 is 1.29 bits per heavy atom. The van der Waals surface area contributed by atoms with Gasteiger partial charge in [-0.3, -0.25) is 0 Å². The summed E-state index contributed by atoms with van der Waals surface area (Å²) in [4.78, 5) is 23.2. The Hall–Kier alpha value is -2.10. The number of cyclic esters (lactones) is 1. The van der Waals surface area contributed by atoms with Gasteiger partial charge in [-0.2, -0.15) is 0 Å². The van der Waals surface area contributed by atoms with E-state index >= 15 is 0 Å². The molecule has 0 saturated carbocycles. The van der Waals surface area contributed by atoms with E-state index in [-0.39, 0.29) is 5.57 Å². The van der Waals surface area contributed by atoms with E-state index in [0.29, 0.717) is 5.57 Å². The molecule has 0 saturated heterocycles. The van der Waals surface area contributed by atoms with Crippen LogP contribution in [0.25, 0.3) is 5.57 Å². The summed E-state index contributed by atoms with van der Waals surface area (Å²) in [6.45, 7) is 1.73. The lowest BCUT2D eigenvalue weighted by Crippen LogP contribution is -2.12. The molecule has 1 aromatic carbocycles. The molecule has 0 aromatic heterocycles. The normalized spacial score (nSPS) is 19.2. The van der Waals surface area contributed by atoms with Gasteiger partial charge in [0.25, 0.3) is 0 Å². The Bertz CT molecular complexity index is 487. The molecule has 1 atom stereocenters. The van der Waals surface area contributed by atoms with Gasteiger partial charge in [0.2, 0.25) is 0 Å². The fourth-order valence-electron chi connectivity index (χ4n) is 1.88. The number of carbonyl (C=O) groups excluding carboxylic acids is 2. The van der Waals surface area contributed by atoms with Crippen molar-refractivity contribution in [1.29, 1.82) is 0 Å². The van der Waals surface area contributed by atoms with Crippen LogP contribution < -0.4 is 0 Å². The van der Waals surface area contributed by atoms with E-state index in [9.17, 15) is 9.59 Å². The minimum absolute atomic E-state index is 0.00815. The molecular weight excluding hydrogens is 220 g/mol. The van der Waals surface area contributed by atoms with E-state index in [1.165, 1.54) is 7.11 Å². The van der Waals surface area contributed by atoms with Gasteiger partial charge < -0.3 is 9.47 Å². The summed E-state index contributed by atoms with van der Waals surface area (Å²) in [5.74, 6) is -1.28. The van der Waals surface area contributed by atoms with E-state index in [0.717, 1.165) is 5.56 Å². The zero-order chi connectivity index (χ0) is 12.4. The Morgan fingerprint density at radius 2 is 1.94 bits per heavy atom. The van der Waals surface area contributed by atoms with Crippen molar-refractivity contribution in [2.75, 3.05) is 7.11 Å². The van der Waals surface area contributed by atoms with Gasteiger partial charge in [-0.1, -0.05) is 30.3 Å². The number of ether oxygens (including phenoxy) is 2. The zero-order valence-corrected chi connectivity index (χ0v) is 9.60. The van der Waals surface area contributed by atoms with E-state index < -0.39 is 18.0 Å². The van der Waals surface area contributed by atoms with Gasteiger partial charge in [-0.15, -0.1) is 0 Å². The molecule has 1 unspecified atom stereocenters. The predicted molar refractivity (Wildman–Crippen MR) is 60.9 cm³/mol. The molecule has 0 N–H and O–H groups in total. The summed E-state index contributed by atoms with van der Waals surface area (Å²) in [6.07, 6.45) is -0.431. The number of hydrogen-bond acceptors (Lipinski definition) is 4. The average molecular weight is 232 g/mol. The first-order valence-corrected chi connectivity index (χ1v) is 5.24. The number of rotatable bonds is 2. The van der Waals surface area contributed by atoms with Crippen LogP contribution in [0, 0.1) is 0 Å². The van der Waals surface area contributed by atoms with Crippen molar-refractivity contribution in [3.8, 4) is 0 Å². The predicted octanol–water partition coefficient (Wildman–Crippen LogP) is 1.56. The van der Waals surface area contributed by atoms with Crippen molar-refractivity contribution in [3.05, 3.63) is 41.5 Å². The van der Waals surface area contributed by atoms with Crippen LogP contribution in [-0.4, -0.2) is 25.2 Å². The van der Waals surface area contributed by atoms with Crippen molar-refractivity contribution in [2.45, 2.75) is 13.0 Å². The van der Waals surface area contributed by atoms with Crippen molar-refractivity contribution in [2.24, 2.45) is 0 Å². The molecule has 0 radical (unpaired) electrons. The molecule has 4 heteroatoms. The number of hydrogen-bond donors (Lipinski definition) is 0. The van der Waals surface area contributed by atoms with E-state index in [1.54, 1.807) is 6.92 Å².